The molecule has 0 atom stereocenters. The van der Waals surface area contributed by atoms with E-state index in [1.807, 2.05) is 5.43 Å². The van der Waals surface area contributed by atoms with E-state index in [9.17, 15) is 4.79 Å². The molecule has 0 fully saturated rings. The van der Waals surface area contributed by atoms with Crippen molar-refractivity contribution >= 4 is 23.9 Å². The molecule has 0 rings (SSSR count). The Kier molecular flexibility index (Phi) is 4.62. The van der Waals surface area contributed by atoms with Crippen LogP contribution in [0, 0.1) is 0 Å². The largest absolute Gasteiger partial charge is 0.369 e. The van der Waals surface area contributed by atoms with Crippen molar-refractivity contribution in [2.75, 3.05) is 0 Å². The van der Waals surface area contributed by atoms with Gasteiger partial charge in [0.2, 0.25) is 5.96 Å². The van der Waals surface area contributed by atoms with Gasteiger partial charge in [-0.3, -0.25) is 0 Å². The Bertz CT molecular complexity index is 262. The molecular weight excluding hydrogens is 174 g/mol. The third kappa shape index (κ3) is 7.78. The van der Waals surface area contributed by atoms with Crippen molar-refractivity contribution in [3.05, 3.63) is 0 Å². The molecule has 0 unspecified atom stereocenters. The Labute approximate surface area is 74.6 Å². The molecule has 0 aromatic carbocycles. The summed E-state index contributed by atoms with van der Waals surface area (Å²) in [5.74, 6) is -0.160. The standard InChI is InChI=1S/C5H11N7O/c1-3(10-12-5(8)13)2-9-11-4(6)7/h2H,1H3,(H4,6,7,11)(H3,8,12,13)/b9-2+,10-3-. The zero-order valence-corrected chi connectivity index (χ0v) is 7.06. The quantitative estimate of drug-likeness (QED) is 0.236. The smallest absolute Gasteiger partial charge is 0.332 e. The van der Waals surface area contributed by atoms with E-state index in [-0.39, 0.29) is 5.96 Å². The maximum Gasteiger partial charge on any atom is 0.332 e. The van der Waals surface area contributed by atoms with E-state index in [1.54, 1.807) is 6.92 Å². The summed E-state index contributed by atoms with van der Waals surface area (Å²) in [6.45, 7) is 1.58. The molecule has 0 aliphatic carbocycles. The molecule has 0 heterocycles. The van der Waals surface area contributed by atoms with Gasteiger partial charge in [-0.25, -0.2) is 10.2 Å². The van der Waals surface area contributed by atoms with Crippen LogP contribution in [0.5, 0.6) is 0 Å². The van der Waals surface area contributed by atoms with Crippen LogP contribution in [0.4, 0.5) is 4.79 Å². The fourth-order valence-electron chi connectivity index (χ4n) is 0.351. The van der Waals surface area contributed by atoms with Crippen molar-refractivity contribution < 1.29 is 4.79 Å². The average molecular weight is 185 g/mol. The van der Waals surface area contributed by atoms with Gasteiger partial charge >= 0.3 is 6.03 Å². The van der Waals surface area contributed by atoms with Crippen LogP contribution in [0.1, 0.15) is 6.92 Å². The lowest BCUT2D eigenvalue weighted by molar-refractivity contribution is 0.249. The summed E-state index contributed by atoms with van der Waals surface area (Å²) in [6.07, 6.45) is 1.26. The maximum absolute atomic E-state index is 10.2. The minimum Gasteiger partial charge on any atom is -0.369 e. The molecule has 0 aliphatic heterocycles. The molecule has 0 radical (unpaired) electrons. The predicted molar refractivity (Wildman–Crippen MR) is 50.1 cm³/mol. The SMILES string of the molecule is CC(/C=N/N=C(N)N)=N/NC(N)=O. The third-order valence-corrected chi connectivity index (χ3v) is 0.760. The molecule has 8 heteroatoms. The molecule has 0 aromatic heterocycles. The second kappa shape index (κ2) is 5.52. The first-order valence-corrected chi connectivity index (χ1v) is 3.24. The van der Waals surface area contributed by atoms with Crippen LogP contribution < -0.4 is 22.6 Å². The van der Waals surface area contributed by atoms with Crippen molar-refractivity contribution in [3.8, 4) is 0 Å². The summed E-state index contributed by atoms with van der Waals surface area (Å²) >= 11 is 0. The number of nitrogens with zero attached hydrogens (tertiary/aromatic N) is 3. The van der Waals surface area contributed by atoms with Crippen molar-refractivity contribution in [3.63, 3.8) is 0 Å². The van der Waals surface area contributed by atoms with Crippen LogP contribution in [0.3, 0.4) is 0 Å². The highest BCUT2D eigenvalue weighted by Crippen LogP contribution is 1.72. The van der Waals surface area contributed by atoms with Gasteiger partial charge in [-0.15, -0.1) is 5.10 Å². The first kappa shape index (κ1) is 10.9. The van der Waals surface area contributed by atoms with Gasteiger partial charge in [0.15, 0.2) is 0 Å². The number of amides is 2. The topological polar surface area (TPSA) is 144 Å². The number of hydrazone groups is 1. The highest BCUT2D eigenvalue weighted by atomic mass is 16.2. The zero-order valence-electron chi connectivity index (χ0n) is 7.06. The number of nitrogens with two attached hydrogens (primary N) is 3. The first-order valence-electron chi connectivity index (χ1n) is 3.24. The van der Waals surface area contributed by atoms with E-state index >= 15 is 0 Å². The normalized spacial score (nSPS) is 11.3. The lowest BCUT2D eigenvalue weighted by atomic mass is 10.5. The zero-order chi connectivity index (χ0) is 10.3. The number of primary amides is 1. The lowest BCUT2D eigenvalue weighted by Gasteiger charge is -1.91. The van der Waals surface area contributed by atoms with E-state index in [0.717, 1.165) is 0 Å². The third-order valence-electron chi connectivity index (χ3n) is 0.760. The molecule has 0 bridgehead atoms. The predicted octanol–water partition coefficient (Wildman–Crippen LogP) is -1.71. The van der Waals surface area contributed by atoms with E-state index in [4.69, 9.17) is 17.2 Å². The van der Waals surface area contributed by atoms with Gasteiger partial charge in [0.05, 0.1) is 11.9 Å². The number of urea groups is 1. The molecular formula is C5H11N7O. The fraction of sp³-hybridized carbons (Fsp3) is 0.200. The number of hydrogen-bond acceptors (Lipinski definition) is 4. The molecule has 0 saturated heterocycles. The summed E-state index contributed by atoms with van der Waals surface area (Å²) in [5.41, 5.74) is 17.1. The Morgan fingerprint density at radius 3 is 2.46 bits per heavy atom. The molecule has 0 spiro atoms. The number of nitrogens with one attached hydrogen (secondary N) is 1. The van der Waals surface area contributed by atoms with Gasteiger partial charge in [0.1, 0.15) is 0 Å². The van der Waals surface area contributed by atoms with Gasteiger partial charge < -0.3 is 17.2 Å². The minimum atomic E-state index is -0.755. The fourth-order valence-corrected chi connectivity index (χ4v) is 0.351. The number of rotatable bonds is 3. The monoisotopic (exact) mass is 185 g/mol. The lowest BCUT2D eigenvalue weighted by Crippen LogP contribution is -2.25. The van der Waals surface area contributed by atoms with Crippen molar-refractivity contribution in [2.24, 2.45) is 32.5 Å². The van der Waals surface area contributed by atoms with Crippen LogP contribution in [0.2, 0.25) is 0 Å². The summed E-state index contributed by atoms with van der Waals surface area (Å²) in [5, 5.41) is 10.3. The van der Waals surface area contributed by atoms with Crippen LogP contribution in [-0.4, -0.2) is 23.9 Å². The number of guanidine groups is 1. The van der Waals surface area contributed by atoms with Crippen molar-refractivity contribution in [1.29, 1.82) is 0 Å². The Hall–Kier alpha value is -2.12. The van der Waals surface area contributed by atoms with Gasteiger partial charge in [-0.05, 0) is 6.92 Å². The summed E-state index contributed by atoms with van der Waals surface area (Å²) in [4.78, 5) is 10.2. The van der Waals surface area contributed by atoms with Gasteiger partial charge in [0.25, 0.3) is 0 Å². The molecule has 0 saturated carbocycles. The van der Waals surface area contributed by atoms with Gasteiger partial charge in [-0.2, -0.15) is 10.2 Å². The van der Waals surface area contributed by atoms with Gasteiger partial charge in [0, 0.05) is 0 Å². The van der Waals surface area contributed by atoms with Crippen molar-refractivity contribution in [1.82, 2.24) is 5.43 Å². The molecule has 8 nitrogen and oxygen atoms in total. The maximum atomic E-state index is 10.2. The Morgan fingerprint density at radius 1 is 1.38 bits per heavy atom. The number of carbonyl (C=O) groups excluding carboxylic acids is 1. The van der Waals surface area contributed by atoms with E-state index in [1.165, 1.54) is 6.21 Å². The van der Waals surface area contributed by atoms with E-state index < -0.39 is 6.03 Å². The second-order valence-corrected chi connectivity index (χ2v) is 2.00. The highest BCUT2D eigenvalue weighted by Gasteiger charge is 1.87. The van der Waals surface area contributed by atoms with Crippen LogP contribution in [-0.2, 0) is 0 Å². The summed E-state index contributed by atoms with van der Waals surface area (Å²) < 4.78 is 0. The second-order valence-electron chi connectivity index (χ2n) is 2.00. The van der Waals surface area contributed by atoms with Gasteiger partial charge in [-0.1, -0.05) is 0 Å². The molecule has 0 aliphatic rings. The minimum absolute atomic E-state index is 0.160. The average Bonchev–Trinajstić information content (AvgIpc) is 2.00. The van der Waals surface area contributed by atoms with Crippen molar-refractivity contribution in [2.45, 2.75) is 6.92 Å². The molecule has 0 aromatic rings. The van der Waals surface area contributed by atoms with E-state index in [2.05, 4.69) is 15.3 Å². The Morgan fingerprint density at radius 2 is 2.00 bits per heavy atom. The number of hydrogen-bond donors (Lipinski definition) is 4. The molecule has 72 valence electrons. The molecule has 7 N–H and O–H groups in total. The van der Waals surface area contributed by atoms with Crippen LogP contribution in [0.25, 0.3) is 0 Å². The molecule has 2 amide bonds. The summed E-state index contributed by atoms with van der Waals surface area (Å²) in [7, 11) is 0. The highest BCUT2D eigenvalue weighted by molar-refractivity contribution is 6.29. The van der Waals surface area contributed by atoms with E-state index in [0.29, 0.717) is 5.71 Å². The summed E-state index contributed by atoms with van der Waals surface area (Å²) in [6, 6.07) is -0.755. The molecule has 13 heavy (non-hydrogen) atoms. The Balaban J connectivity index is 4.06. The van der Waals surface area contributed by atoms with Crippen LogP contribution in [0.15, 0.2) is 15.3 Å². The van der Waals surface area contributed by atoms with Crippen LogP contribution >= 0.6 is 0 Å². The number of carbonyl (C=O) groups is 1. The first-order chi connectivity index (χ1) is 6.02.